The van der Waals surface area contributed by atoms with Gasteiger partial charge in [0.25, 0.3) is 0 Å². The summed E-state index contributed by atoms with van der Waals surface area (Å²) in [5.74, 6) is -1.57. The van der Waals surface area contributed by atoms with E-state index < -0.39 is 17.2 Å². The summed E-state index contributed by atoms with van der Waals surface area (Å²) in [6, 6.07) is 3.88. The summed E-state index contributed by atoms with van der Waals surface area (Å²) < 4.78 is 33.3. The van der Waals surface area contributed by atoms with Crippen LogP contribution in [0.5, 0.6) is 0 Å². The lowest BCUT2D eigenvalue weighted by molar-refractivity contribution is -0.141. The van der Waals surface area contributed by atoms with Crippen molar-refractivity contribution in [3.63, 3.8) is 0 Å². The van der Waals surface area contributed by atoms with Gasteiger partial charge in [0.15, 0.2) is 11.6 Å². The summed E-state index contributed by atoms with van der Waals surface area (Å²) in [6.45, 7) is 7.02. The molecule has 7 heteroatoms. The van der Waals surface area contributed by atoms with Crippen LogP contribution in [0.25, 0.3) is 0 Å². The number of likely N-dealkylation sites (tertiary alicyclic amines) is 1. The summed E-state index contributed by atoms with van der Waals surface area (Å²) in [4.78, 5) is 28.9. The highest BCUT2D eigenvalue weighted by Crippen LogP contribution is 2.33. The topological polar surface area (TPSA) is 49.9 Å². The molecule has 2 aliphatic heterocycles. The highest BCUT2D eigenvalue weighted by atomic mass is 19.2. The number of rotatable bonds is 5. The first-order valence-corrected chi connectivity index (χ1v) is 10.5. The van der Waals surface area contributed by atoms with Crippen molar-refractivity contribution in [2.24, 2.45) is 5.92 Å². The molecule has 160 valence electrons. The van der Waals surface area contributed by atoms with Crippen molar-refractivity contribution in [3.05, 3.63) is 35.4 Å². The van der Waals surface area contributed by atoms with E-state index in [4.69, 9.17) is 4.74 Å². The van der Waals surface area contributed by atoms with Crippen molar-refractivity contribution in [1.82, 2.24) is 9.80 Å². The summed E-state index contributed by atoms with van der Waals surface area (Å²) in [5, 5.41) is 0. The molecule has 2 amide bonds. The van der Waals surface area contributed by atoms with E-state index in [-0.39, 0.29) is 23.8 Å². The Bertz CT molecular complexity index is 748. The molecule has 1 aromatic rings. The van der Waals surface area contributed by atoms with E-state index in [0.29, 0.717) is 51.4 Å². The Morgan fingerprint density at radius 2 is 1.97 bits per heavy atom. The van der Waals surface area contributed by atoms with Crippen molar-refractivity contribution in [2.75, 3.05) is 32.8 Å². The van der Waals surface area contributed by atoms with Crippen LogP contribution in [0.2, 0.25) is 0 Å². The highest BCUT2D eigenvalue weighted by Gasteiger charge is 2.41. The minimum Gasteiger partial charge on any atom is -0.372 e. The zero-order valence-corrected chi connectivity index (χ0v) is 17.3. The molecule has 5 nitrogen and oxygen atoms in total. The van der Waals surface area contributed by atoms with Crippen molar-refractivity contribution in [1.29, 1.82) is 0 Å². The van der Waals surface area contributed by atoms with Crippen LogP contribution >= 0.6 is 0 Å². The molecule has 1 spiro atoms. The average molecular weight is 408 g/mol. The molecule has 2 fully saturated rings. The third kappa shape index (κ3) is 5.13. The van der Waals surface area contributed by atoms with E-state index in [1.807, 2.05) is 4.90 Å². The fraction of sp³-hybridized carbons (Fsp3) is 0.636. The lowest BCUT2D eigenvalue weighted by atomic mass is 9.87. The molecule has 1 atom stereocenters. The number of hydrogen-bond donors (Lipinski definition) is 0. The Morgan fingerprint density at radius 1 is 1.24 bits per heavy atom. The Morgan fingerprint density at radius 3 is 2.66 bits per heavy atom. The second-order valence-corrected chi connectivity index (χ2v) is 8.33. The van der Waals surface area contributed by atoms with Gasteiger partial charge in [0.1, 0.15) is 0 Å². The van der Waals surface area contributed by atoms with Gasteiger partial charge in [-0.2, -0.15) is 0 Å². The molecule has 1 unspecified atom stereocenters. The van der Waals surface area contributed by atoms with E-state index in [1.54, 1.807) is 4.90 Å². The Balaban J connectivity index is 1.57. The lowest BCUT2D eigenvalue weighted by Crippen LogP contribution is -2.49. The first-order valence-electron chi connectivity index (χ1n) is 10.5. The molecule has 2 heterocycles. The number of amides is 2. The SMILES string of the molecule is CCC(C)CN1CCOC2(CCN(C(=O)Cc3cccc(F)c3F)CC2)CC1=O. The number of carbonyl (C=O) groups excluding carboxylic acids is 2. The fourth-order valence-corrected chi connectivity index (χ4v) is 4.08. The first kappa shape index (κ1) is 21.7. The van der Waals surface area contributed by atoms with Crippen LogP contribution in [-0.2, 0) is 20.7 Å². The molecular weight excluding hydrogens is 378 g/mol. The van der Waals surface area contributed by atoms with Gasteiger partial charge in [-0.1, -0.05) is 32.4 Å². The van der Waals surface area contributed by atoms with E-state index >= 15 is 0 Å². The number of halogens is 2. The number of nitrogens with zero attached hydrogens (tertiary/aromatic N) is 2. The lowest BCUT2D eigenvalue weighted by Gasteiger charge is -2.40. The number of hydrogen-bond acceptors (Lipinski definition) is 3. The van der Waals surface area contributed by atoms with Crippen molar-refractivity contribution < 1.29 is 23.1 Å². The van der Waals surface area contributed by atoms with Gasteiger partial charge in [0.05, 0.1) is 25.0 Å². The van der Waals surface area contributed by atoms with E-state index in [9.17, 15) is 18.4 Å². The van der Waals surface area contributed by atoms with E-state index in [2.05, 4.69) is 13.8 Å². The van der Waals surface area contributed by atoms with Gasteiger partial charge in [-0.3, -0.25) is 9.59 Å². The summed E-state index contributed by atoms with van der Waals surface area (Å²) >= 11 is 0. The largest absolute Gasteiger partial charge is 0.372 e. The van der Waals surface area contributed by atoms with Crippen LogP contribution in [0.1, 0.15) is 45.1 Å². The van der Waals surface area contributed by atoms with Gasteiger partial charge in [0, 0.05) is 31.7 Å². The third-order valence-electron chi connectivity index (χ3n) is 6.23. The maximum atomic E-state index is 13.8. The van der Waals surface area contributed by atoms with E-state index in [1.165, 1.54) is 12.1 Å². The van der Waals surface area contributed by atoms with Crippen molar-refractivity contribution in [2.45, 2.75) is 51.6 Å². The standard InChI is InChI=1S/C22H30F2N2O3/c1-3-16(2)15-26-11-12-29-22(14-20(26)28)7-9-25(10-8-22)19(27)13-17-5-4-6-18(23)21(17)24/h4-6,16H,3,7-15H2,1-2H3. The molecular formula is C22H30F2N2O3. The molecule has 2 aliphatic rings. The Labute approximate surface area is 171 Å². The smallest absolute Gasteiger partial charge is 0.227 e. The third-order valence-corrected chi connectivity index (χ3v) is 6.23. The second kappa shape index (κ2) is 9.20. The summed E-state index contributed by atoms with van der Waals surface area (Å²) in [7, 11) is 0. The number of benzene rings is 1. The molecule has 0 aromatic heterocycles. The van der Waals surface area contributed by atoms with E-state index in [0.717, 1.165) is 19.0 Å². The molecule has 0 N–H and O–H groups in total. The monoisotopic (exact) mass is 408 g/mol. The number of piperidine rings is 1. The van der Waals surface area contributed by atoms with Crippen LogP contribution in [0.15, 0.2) is 18.2 Å². The van der Waals surface area contributed by atoms with Gasteiger partial charge < -0.3 is 14.5 Å². The molecule has 1 aromatic carbocycles. The van der Waals surface area contributed by atoms with Gasteiger partial charge in [-0.15, -0.1) is 0 Å². The molecule has 3 rings (SSSR count). The van der Waals surface area contributed by atoms with Crippen LogP contribution in [0.4, 0.5) is 8.78 Å². The molecule has 0 bridgehead atoms. The maximum Gasteiger partial charge on any atom is 0.227 e. The predicted molar refractivity (Wildman–Crippen MR) is 105 cm³/mol. The Hall–Kier alpha value is -2.02. The van der Waals surface area contributed by atoms with Crippen LogP contribution in [0.3, 0.4) is 0 Å². The maximum absolute atomic E-state index is 13.8. The van der Waals surface area contributed by atoms with Gasteiger partial charge in [0.2, 0.25) is 11.8 Å². The van der Waals surface area contributed by atoms with Crippen LogP contribution < -0.4 is 0 Å². The van der Waals surface area contributed by atoms with Crippen LogP contribution in [-0.4, -0.2) is 60.0 Å². The molecule has 29 heavy (non-hydrogen) atoms. The van der Waals surface area contributed by atoms with Gasteiger partial charge in [-0.05, 0) is 24.8 Å². The zero-order valence-electron chi connectivity index (χ0n) is 17.3. The Kier molecular flexibility index (Phi) is 6.88. The predicted octanol–water partition coefficient (Wildman–Crippen LogP) is 3.16. The van der Waals surface area contributed by atoms with Crippen molar-refractivity contribution in [3.8, 4) is 0 Å². The molecule has 0 radical (unpaired) electrons. The molecule has 2 saturated heterocycles. The van der Waals surface area contributed by atoms with Crippen molar-refractivity contribution >= 4 is 11.8 Å². The normalized spacial score (nSPS) is 20.6. The zero-order chi connectivity index (χ0) is 21.0. The molecule has 0 saturated carbocycles. The number of carbonyl (C=O) groups is 2. The van der Waals surface area contributed by atoms with Gasteiger partial charge >= 0.3 is 0 Å². The minimum absolute atomic E-state index is 0.0665. The number of ether oxygens (including phenoxy) is 1. The van der Waals surface area contributed by atoms with Gasteiger partial charge in [-0.25, -0.2) is 8.78 Å². The fourth-order valence-electron chi connectivity index (χ4n) is 4.08. The minimum atomic E-state index is -0.964. The summed E-state index contributed by atoms with van der Waals surface area (Å²) in [6.07, 6.45) is 2.35. The quantitative estimate of drug-likeness (QED) is 0.752. The molecule has 0 aliphatic carbocycles. The first-order chi connectivity index (χ1) is 13.8. The van der Waals surface area contributed by atoms with Crippen LogP contribution in [0, 0.1) is 17.6 Å². The highest BCUT2D eigenvalue weighted by molar-refractivity contribution is 5.79. The second-order valence-electron chi connectivity index (χ2n) is 8.33. The summed E-state index contributed by atoms with van der Waals surface area (Å²) in [5.41, 5.74) is -0.459. The average Bonchev–Trinajstić information content (AvgIpc) is 2.84.